The molecule has 1 rings (SSSR count). The van der Waals surface area contributed by atoms with Crippen molar-refractivity contribution in [1.82, 2.24) is 10.6 Å². The van der Waals surface area contributed by atoms with Crippen LogP contribution in [0.5, 0.6) is 0 Å². The SMILES string of the molecule is CCNC(=NCCCc1cccc(F)c1)NCCCOC. The lowest BCUT2D eigenvalue weighted by molar-refractivity contribution is 0.195. The summed E-state index contributed by atoms with van der Waals surface area (Å²) in [6.07, 6.45) is 2.69. The van der Waals surface area contributed by atoms with Gasteiger partial charge in [0.05, 0.1) is 0 Å². The molecule has 0 aliphatic rings. The van der Waals surface area contributed by atoms with E-state index in [0.717, 1.165) is 57.0 Å². The number of nitrogens with zero attached hydrogens (tertiary/aromatic N) is 1. The molecule has 1 aromatic rings. The molecule has 118 valence electrons. The highest BCUT2D eigenvalue weighted by Gasteiger charge is 1.98. The number of nitrogens with one attached hydrogen (secondary N) is 2. The van der Waals surface area contributed by atoms with Crippen LogP contribution < -0.4 is 10.6 Å². The summed E-state index contributed by atoms with van der Waals surface area (Å²) in [5, 5.41) is 6.47. The van der Waals surface area contributed by atoms with Gasteiger partial charge in [-0.25, -0.2) is 4.39 Å². The predicted octanol–water partition coefficient (Wildman–Crippen LogP) is 2.35. The monoisotopic (exact) mass is 295 g/mol. The van der Waals surface area contributed by atoms with Gasteiger partial charge < -0.3 is 15.4 Å². The van der Waals surface area contributed by atoms with Crippen LogP contribution in [0.3, 0.4) is 0 Å². The fraction of sp³-hybridized carbons (Fsp3) is 0.562. The number of hydrogen-bond donors (Lipinski definition) is 2. The molecule has 0 aliphatic heterocycles. The molecule has 0 fully saturated rings. The first-order chi connectivity index (χ1) is 10.3. The second kappa shape index (κ2) is 11.1. The number of benzene rings is 1. The number of guanidine groups is 1. The Labute approximate surface area is 126 Å². The Morgan fingerprint density at radius 3 is 2.86 bits per heavy atom. The van der Waals surface area contributed by atoms with Gasteiger partial charge in [-0.15, -0.1) is 0 Å². The first-order valence-corrected chi connectivity index (χ1v) is 7.51. The molecule has 0 saturated heterocycles. The minimum Gasteiger partial charge on any atom is -0.385 e. The molecular weight excluding hydrogens is 269 g/mol. The van der Waals surface area contributed by atoms with E-state index in [9.17, 15) is 4.39 Å². The number of methoxy groups -OCH3 is 1. The Morgan fingerprint density at radius 2 is 2.14 bits per heavy atom. The molecule has 21 heavy (non-hydrogen) atoms. The quantitative estimate of drug-likeness (QED) is 0.417. The Balaban J connectivity index is 2.29. The highest BCUT2D eigenvalue weighted by atomic mass is 19.1. The Bertz CT molecular complexity index is 424. The predicted molar refractivity (Wildman–Crippen MR) is 85.2 cm³/mol. The van der Waals surface area contributed by atoms with Crippen molar-refractivity contribution in [2.45, 2.75) is 26.2 Å². The van der Waals surface area contributed by atoms with Gasteiger partial charge in [0.2, 0.25) is 0 Å². The molecule has 1 aromatic carbocycles. The third kappa shape index (κ3) is 8.30. The molecule has 0 spiro atoms. The highest BCUT2D eigenvalue weighted by molar-refractivity contribution is 5.79. The van der Waals surface area contributed by atoms with Crippen molar-refractivity contribution in [2.75, 3.05) is 33.4 Å². The van der Waals surface area contributed by atoms with Gasteiger partial charge in [0.15, 0.2) is 5.96 Å². The molecule has 0 unspecified atom stereocenters. The van der Waals surface area contributed by atoms with Gasteiger partial charge in [-0.3, -0.25) is 4.99 Å². The van der Waals surface area contributed by atoms with Crippen LogP contribution in [0.25, 0.3) is 0 Å². The second-order valence-electron chi connectivity index (χ2n) is 4.77. The molecule has 4 nitrogen and oxygen atoms in total. The summed E-state index contributed by atoms with van der Waals surface area (Å²) in [4.78, 5) is 4.51. The Hall–Kier alpha value is -1.62. The van der Waals surface area contributed by atoms with Crippen LogP contribution in [0.4, 0.5) is 4.39 Å². The molecule has 0 saturated carbocycles. The lowest BCUT2D eigenvalue weighted by Crippen LogP contribution is -2.38. The van der Waals surface area contributed by atoms with Crippen molar-refractivity contribution in [2.24, 2.45) is 4.99 Å². The first kappa shape index (κ1) is 17.4. The van der Waals surface area contributed by atoms with Gasteiger partial charge in [0, 0.05) is 33.4 Å². The average Bonchev–Trinajstić information content (AvgIpc) is 2.48. The minimum atomic E-state index is -0.177. The summed E-state index contributed by atoms with van der Waals surface area (Å²) < 4.78 is 18.1. The highest BCUT2D eigenvalue weighted by Crippen LogP contribution is 2.06. The molecule has 0 heterocycles. The zero-order chi connectivity index (χ0) is 15.3. The normalized spacial score (nSPS) is 11.5. The summed E-state index contributed by atoms with van der Waals surface area (Å²) in [5.41, 5.74) is 1.02. The van der Waals surface area contributed by atoms with Crippen molar-refractivity contribution >= 4 is 5.96 Å². The second-order valence-corrected chi connectivity index (χ2v) is 4.77. The van der Waals surface area contributed by atoms with E-state index in [1.54, 1.807) is 19.2 Å². The number of hydrogen-bond acceptors (Lipinski definition) is 2. The van der Waals surface area contributed by atoms with Crippen molar-refractivity contribution in [3.63, 3.8) is 0 Å². The van der Waals surface area contributed by atoms with Gasteiger partial charge in [0.25, 0.3) is 0 Å². The summed E-state index contributed by atoms with van der Waals surface area (Å²) >= 11 is 0. The van der Waals surface area contributed by atoms with E-state index in [2.05, 4.69) is 15.6 Å². The van der Waals surface area contributed by atoms with Crippen LogP contribution in [-0.4, -0.2) is 39.3 Å². The molecule has 0 atom stereocenters. The summed E-state index contributed by atoms with van der Waals surface area (Å²) in [6.45, 7) is 5.17. The van der Waals surface area contributed by atoms with Gasteiger partial charge in [-0.1, -0.05) is 12.1 Å². The van der Waals surface area contributed by atoms with E-state index < -0.39 is 0 Å². The lowest BCUT2D eigenvalue weighted by atomic mass is 10.1. The smallest absolute Gasteiger partial charge is 0.191 e. The number of aryl methyl sites for hydroxylation is 1. The zero-order valence-electron chi connectivity index (χ0n) is 13.0. The number of halogens is 1. The molecule has 5 heteroatoms. The van der Waals surface area contributed by atoms with E-state index in [1.165, 1.54) is 6.07 Å². The molecule has 2 N–H and O–H groups in total. The summed E-state index contributed by atoms with van der Waals surface area (Å²) in [7, 11) is 1.70. The van der Waals surface area contributed by atoms with Crippen molar-refractivity contribution < 1.29 is 9.13 Å². The van der Waals surface area contributed by atoms with Gasteiger partial charge in [0.1, 0.15) is 5.82 Å². The molecule has 0 bridgehead atoms. The lowest BCUT2D eigenvalue weighted by Gasteiger charge is -2.11. The number of aliphatic imine (C=N–C) groups is 1. The molecular formula is C16H26FN3O. The maximum absolute atomic E-state index is 13.0. The molecule has 0 aromatic heterocycles. The van der Waals surface area contributed by atoms with Gasteiger partial charge in [-0.2, -0.15) is 0 Å². The topological polar surface area (TPSA) is 45.7 Å². The molecule has 0 radical (unpaired) electrons. The minimum absolute atomic E-state index is 0.177. The summed E-state index contributed by atoms with van der Waals surface area (Å²) in [6, 6.07) is 6.74. The first-order valence-electron chi connectivity index (χ1n) is 7.51. The van der Waals surface area contributed by atoms with Gasteiger partial charge >= 0.3 is 0 Å². The molecule has 0 aliphatic carbocycles. The van der Waals surface area contributed by atoms with E-state index in [4.69, 9.17) is 4.74 Å². The van der Waals surface area contributed by atoms with E-state index >= 15 is 0 Å². The van der Waals surface area contributed by atoms with Crippen LogP contribution in [0.15, 0.2) is 29.3 Å². The molecule has 0 amide bonds. The van der Waals surface area contributed by atoms with Crippen molar-refractivity contribution in [3.05, 3.63) is 35.6 Å². The zero-order valence-corrected chi connectivity index (χ0v) is 13.0. The number of ether oxygens (including phenoxy) is 1. The van der Waals surface area contributed by atoms with Crippen LogP contribution in [-0.2, 0) is 11.2 Å². The largest absolute Gasteiger partial charge is 0.385 e. The third-order valence-corrected chi connectivity index (χ3v) is 2.94. The summed E-state index contributed by atoms with van der Waals surface area (Å²) in [5.74, 6) is 0.650. The van der Waals surface area contributed by atoms with Crippen LogP contribution >= 0.6 is 0 Å². The standard InChI is InChI=1S/C16H26FN3O/c1-3-18-16(20-11-6-12-21-2)19-10-5-8-14-7-4-9-15(17)13-14/h4,7,9,13H,3,5-6,8,10-12H2,1-2H3,(H2,18,19,20). The maximum atomic E-state index is 13.0. The van der Waals surface area contributed by atoms with Crippen molar-refractivity contribution in [3.8, 4) is 0 Å². The fourth-order valence-corrected chi connectivity index (χ4v) is 1.93. The van der Waals surface area contributed by atoms with E-state index in [1.807, 2.05) is 13.0 Å². The maximum Gasteiger partial charge on any atom is 0.191 e. The number of rotatable bonds is 9. The Kier molecular flexibility index (Phi) is 9.20. The van der Waals surface area contributed by atoms with Crippen LogP contribution in [0, 0.1) is 5.82 Å². The van der Waals surface area contributed by atoms with Crippen LogP contribution in [0.1, 0.15) is 25.3 Å². The Morgan fingerprint density at radius 1 is 1.29 bits per heavy atom. The average molecular weight is 295 g/mol. The van der Waals surface area contributed by atoms with Crippen LogP contribution in [0.2, 0.25) is 0 Å². The van der Waals surface area contributed by atoms with Gasteiger partial charge in [-0.05, 0) is 43.9 Å². The fourth-order valence-electron chi connectivity index (χ4n) is 1.93. The third-order valence-electron chi connectivity index (χ3n) is 2.94. The van der Waals surface area contributed by atoms with E-state index in [-0.39, 0.29) is 5.82 Å². The van der Waals surface area contributed by atoms with E-state index in [0.29, 0.717) is 0 Å². The van der Waals surface area contributed by atoms with Crippen molar-refractivity contribution in [1.29, 1.82) is 0 Å².